The second-order valence-electron chi connectivity index (χ2n) is 17.2. The highest BCUT2D eigenvalue weighted by molar-refractivity contribution is 7.83. The van der Waals surface area contributed by atoms with Crippen molar-refractivity contribution in [3.8, 4) is 5.88 Å². The standard InChI is InChI=1S/C48H52ClN8O7P/c1-34(58)54-25-27-56(28-26-54)65(49,61)62-32-39-30-55(48(36-19-11-6-12-20-36,37-21-13-7-14-22-37)38-23-15-8-16-24-38)31-41(63-39)57-33-50-42-43(57)52-46(53-44(42)64-45(60)47(2,3)4)51-40(59)29-35-17-9-5-10-18-35/h5-24,33,39,41H,25-32H2,1-4H3,(H,51,52,53,59). The molecule has 0 aliphatic carbocycles. The van der Waals surface area contributed by atoms with Crippen LogP contribution in [0.15, 0.2) is 128 Å². The van der Waals surface area contributed by atoms with Crippen LogP contribution in [-0.2, 0) is 40.2 Å². The van der Waals surface area contributed by atoms with Gasteiger partial charge in [-0.15, -0.1) is 0 Å². The Hall–Kier alpha value is -5.80. The predicted molar refractivity (Wildman–Crippen MR) is 247 cm³/mol. The van der Waals surface area contributed by atoms with Crippen LogP contribution in [0.25, 0.3) is 11.2 Å². The Labute approximate surface area is 383 Å². The Balaban J connectivity index is 1.23. The van der Waals surface area contributed by atoms with E-state index in [0.29, 0.717) is 19.6 Å². The molecule has 1 N–H and O–H groups in total. The molecule has 0 bridgehead atoms. The maximum absolute atomic E-state index is 14.1. The van der Waals surface area contributed by atoms with Gasteiger partial charge in [0.05, 0.1) is 36.4 Å². The number of nitrogens with zero attached hydrogens (tertiary/aromatic N) is 7. The third-order valence-corrected chi connectivity index (χ3v) is 14.1. The second-order valence-corrected chi connectivity index (χ2v) is 20.2. The van der Waals surface area contributed by atoms with Crippen LogP contribution in [0, 0.1) is 5.41 Å². The highest BCUT2D eigenvalue weighted by atomic mass is 35.7. The van der Waals surface area contributed by atoms with Gasteiger partial charge in [0.1, 0.15) is 6.23 Å². The van der Waals surface area contributed by atoms with Gasteiger partial charge in [-0.05, 0) is 54.3 Å². The molecule has 2 amide bonds. The monoisotopic (exact) mass is 918 g/mol. The maximum atomic E-state index is 14.1. The topological polar surface area (TPSA) is 161 Å². The molecule has 15 nitrogen and oxygen atoms in total. The number of anilines is 1. The van der Waals surface area contributed by atoms with Crippen molar-refractivity contribution in [3.05, 3.63) is 150 Å². The molecule has 2 saturated heterocycles. The Morgan fingerprint density at radius 2 is 1.35 bits per heavy atom. The number of nitrogens with one attached hydrogen (secondary N) is 1. The van der Waals surface area contributed by atoms with Crippen LogP contribution in [0.2, 0.25) is 0 Å². The van der Waals surface area contributed by atoms with E-state index in [0.717, 1.165) is 22.3 Å². The molecule has 3 unspecified atom stereocenters. The number of esters is 1. The number of benzene rings is 4. The van der Waals surface area contributed by atoms with Crippen LogP contribution in [0.1, 0.15) is 56.2 Å². The summed E-state index contributed by atoms with van der Waals surface area (Å²) >= 11 is 6.77. The van der Waals surface area contributed by atoms with Crippen LogP contribution < -0.4 is 10.1 Å². The molecule has 2 fully saturated rings. The lowest BCUT2D eigenvalue weighted by molar-refractivity contribution is -0.145. The Morgan fingerprint density at radius 3 is 1.89 bits per heavy atom. The zero-order valence-electron chi connectivity index (χ0n) is 36.7. The first-order valence-electron chi connectivity index (χ1n) is 21.6. The summed E-state index contributed by atoms with van der Waals surface area (Å²) in [6.07, 6.45) is 0.0160. The smallest absolute Gasteiger partial charge is 0.363 e. The van der Waals surface area contributed by atoms with Gasteiger partial charge in [-0.3, -0.25) is 33.7 Å². The van der Waals surface area contributed by atoms with Gasteiger partial charge in [0, 0.05) is 46.2 Å². The van der Waals surface area contributed by atoms with Crippen molar-refractivity contribution in [2.75, 3.05) is 51.2 Å². The molecule has 2 aliphatic heterocycles. The fourth-order valence-electron chi connectivity index (χ4n) is 8.35. The summed E-state index contributed by atoms with van der Waals surface area (Å²) in [5.41, 5.74) is 2.35. The normalized spacial score (nSPS) is 18.5. The van der Waals surface area contributed by atoms with Gasteiger partial charge in [0.15, 0.2) is 11.2 Å². The van der Waals surface area contributed by atoms with Gasteiger partial charge in [0.2, 0.25) is 17.8 Å². The zero-order valence-corrected chi connectivity index (χ0v) is 38.4. The van der Waals surface area contributed by atoms with Crippen molar-refractivity contribution >= 4 is 53.0 Å². The van der Waals surface area contributed by atoms with E-state index in [2.05, 4.69) is 56.6 Å². The average Bonchev–Trinajstić information content (AvgIpc) is 3.74. The van der Waals surface area contributed by atoms with Crippen molar-refractivity contribution in [1.82, 2.24) is 34.0 Å². The van der Waals surface area contributed by atoms with Gasteiger partial charge in [-0.25, -0.2) is 9.65 Å². The lowest BCUT2D eigenvalue weighted by Gasteiger charge is -2.50. The number of carbonyl (C=O) groups is 3. The number of amides is 2. The molecular weight excluding hydrogens is 867 g/mol. The average molecular weight is 919 g/mol. The number of hydrogen-bond donors (Lipinski definition) is 1. The van der Waals surface area contributed by atoms with E-state index < -0.39 is 36.1 Å². The van der Waals surface area contributed by atoms with E-state index in [1.54, 1.807) is 41.2 Å². The van der Waals surface area contributed by atoms with E-state index in [1.165, 1.54) is 6.92 Å². The Morgan fingerprint density at radius 1 is 0.800 bits per heavy atom. The number of rotatable bonds is 13. The Kier molecular flexibility index (Phi) is 13.6. The fourth-order valence-corrected chi connectivity index (χ4v) is 10.1. The van der Waals surface area contributed by atoms with Crippen molar-refractivity contribution in [3.63, 3.8) is 0 Å². The summed E-state index contributed by atoms with van der Waals surface area (Å²) in [6.45, 7) is 4.50. The second kappa shape index (κ2) is 19.4. The number of carbonyl (C=O) groups excluding carboxylic acids is 3. The highest BCUT2D eigenvalue weighted by Crippen LogP contribution is 2.56. The quantitative estimate of drug-likeness (QED) is 0.0685. The molecule has 2 aliphatic rings. The molecule has 6 aromatic rings. The van der Waals surface area contributed by atoms with Gasteiger partial charge in [-0.2, -0.15) is 9.97 Å². The van der Waals surface area contributed by atoms with Gasteiger partial charge < -0.3 is 18.9 Å². The summed E-state index contributed by atoms with van der Waals surface area (Å²) in [5, 5.41) is 2.80. The minimum absolute atomic E-state index is 0.0539. The zero-order chi connectivity index (χ0) is 45.8. The number of imidazole rings is 1. The van der Waals surface area contributed by atoms with Crippen LogP contribution in [0.5, 0.6) is 5.88 Å². The molecular formula is C48H52ClN8O7P. The van der Waals surface area contributed by atoms with Gasteiger partial charge in [-0.1, -0.05) is 121 Å². The van der Waals surface area contributed by atoms with E-state index in [-0.39, 0.29) is 67.5 Å². The summed E-state index contributed by atoms with van der Waals surface area (Å²) in [6, 6.07) is 39.9. The van der Waals surface area contributed by atoms with Gasteiger partial charge >= 0.3 is 12.8 Å². The van der Waals surface area contributed by atoms with Crippen LogP contribution in [0.4, 0.5) is 5.95 Å². The molecule has 65 heavy (non-hydrogen) atoms. The molecule has 0 radical (unpaired) electrons. The van der Waals surface area contributed by atoms with Crippen LogP contribution in [-0.4, -0.2) is 104 Å². The highest BCUT2D eigenvalue weighted by Gasteiger charge is 2.47. The first-order chi connectivity index (χ1) is 31.2. The summed E-state index contributed by atoms with van der Waals surface area (Å²) < 4.78 is 36.5. The van der Waals surface area contributed by atoms with Crippen molar-refractivity contribution in [1.29, 1.82) is 0 Å². The molecule has 338 valence electrons. The van der Waals surface area contributed by atoms with E-state index in [1.807, 2.05) is 84.9 Å². The van der Waals surface area contributed by atoms with E-state index in [9.17, 15) is 18.9 Å². The molecule has 4 heterocycles. The number of hydrogen-bond acceptors (Lipinski definition) is 11. The van der Waals surface area contributed by atoms with Crippen molar-refractivity contribution < 1.29 is 32.9 Å². The molecule has 4 aromatic carbocycles. The third kappa shape index (κ3) is 10.1. The number of halogens is 1. The minimum atomic E-state index is -3.88. The molecule has 8 rings (SSSR count). The maximum Gasteiger partial charge on any atom is 0.363 e. The number of aromatic nitrogens is 4. The van der Waals surface area contributed by atoms with Crippen molar-refractivity contribution in [2.24, 2.45) is 5.41 Å². The lowest BCUT2D eigenvalue weighted by atomic mass is 9.75. The SMILES string of the molecule is CC(=O)N1CCN(P(=O)(Cl)OCC2CN(C(c3ccccc3)(c3ccccc3)c3ccccc3)CC(n3cnc4c(OC(=O)C(C)(C)C)nc(NC(=O)Cc5ccccc5)nc43)O2)CC1. The van der Waals surface area contributed by atoms with Crippen LogP contribution >= 0.6 is 18.1 Å². The van der Waals surface area contributed by atoms with E-state index >= 15 is 0 Å². The predicted octanol–water partition coefficient (Wildman–Crippen LogP) is 7.68. The first kappa shape index (κ1) is 45.8. The lowest BCUT2D eigenvalue weighted by Crippen LogP contribution is -2.57. The van der Waals surface area contributed by atoms with Crippen LogP contribution in [0.3, 0.4) is 0 Å². The van der Waals surface area contributed by atoms with Gasteiger partial charge in [0.25, 0.3) is 5.88 Å². The Bertz CT molecular complexity index is 2570. The summed E-state index contributed by atoms with van der Waals surface area (Å²) in [5.74, 6) is -1.22. The molecule has 17 heteroatoms. The van der Waals surface area contributed by atoms with E-state index in [4.69, 9.17) is 30.2 Å². The summed E-state index contributed by atoms with van der Waals surface area (Å²) in [4.78, 5) is 56.8. The number of piperazine rings is 1. The largest absolute Gasteiger partial charge is 0.404 e. The fraction of sp³-hybridized carbons (Fsp3) is 0.333. The molecule has 2 aromatic heterocycles. The third-order valence-electron chi connectivity index (χ3n) is 11.6. The minimum Gasteiger partial charge on any atom is -0.404 e. The number of fused-ring (bicyclic) bond motifs is 1. The first-order valence-corrected chi connectivity index (χ1v) is 24.0. The number of morpholine rings is 1. The van der Waals surface area contributed by atoms with Crippen molar-refractivity contribution in [2.45, 2.75) is 52.0 Å². The molecule has 0 spiro atoms. The molecule has 3 atom stereocenters. The number of ether oxygens (including phenoxy) is 2. The molecule has 0 saturated carbocycles. The summed E-state index contributed by atoms with van der Waals surface area (Å²) in [7, 11) is 0.